The van der Waals surface area contributed by atoms with E-state index in [0.29, 0.717) is 12.4 Å². The predicted octanol–water partition coefficient (Wildman–Crippen LogP) is 1.70. The van der Waals surface area contributed by atoms with Gasteiger partial charge in [-0.2, -0.15) is 10.2 Å². The number of nitrogens with zero attached hydrogens (tertiary/aromatic N) is 4. The second-order valence-corrected chi connectivity index (χ2v) is 4.04. The van der Waals surface area contributed by atoms with E-state index in [1.165, 1.54) is 0 Å². The summed E-state index contributed by atoms with van der Waals surface area (Å²) in [7, 11) is 0. The van der Waals surface area contributed by atoms with Crippen LogP contribution >= 0.6 is 0 Å². The Morgan fingerprint density at radius 3 is 2.61 bits per heavy atom. The second kappa shape index (κ2) is 4.37. The number of para-hydroxylation sites is 1. The van der Waals surface area contributed by atoms with Gasteiger partial charge in [0.1, 0.15) is 5.82 Å². The highest BCUT2D eigenvalue weighted by Gasteiger charge is 2.03. The van der Waals surface area contributed by atoms with E-state index < -0.39 is 0 Å². The van der Waals surface area contributed by atoms with Gasteiger partial charge in [-0.3, -0.25) is 0 Å². The zero-order chi connectivity index (χ0) is 12.4. The Balaban J connectivity index is 1.84. The maximum Gasteiger partial charge on any atom is 0.122 e. The van der Waals surface area contributed by atoms with Gasteiger partial charge in [-0.1, -0.05) is 18.2 Å². The predicted molar refractivity (Wildman–Crippen MR) is 69.3 cm³/mol. The third-order valence-electron chi connectivity index (χ3n) is 2.74. The summed E-state index contributed by atoms with van der Waals surface area (Å²) in [6.07, 6.45) is 5.50. The Morgan fingerprint density at radius 2 is 1.89 bits per heavy atom. The number of nitrogen functional groups attached to an aromatic ring is 1. The van der Waals surface area contributed by atoms with Crippen LogP contribution in [0.4, 0.5) is 5.82 Å². The van der Waals surface area contributed by atoms with Crippen molar-refractivity contribution in [3.05, 3.63) is 60.6 Å². The van der Waals surface area contributed by atoms with Crippen molar-refractivity contribution < 1.29 is 0 Å². The zero-order valence-electron chi connectivity index (χ0n) is 9.77. The summed E-state index contributed by atoms with van der Waals surface area (Å²) in [4.78, 5) is 0. The fourth-order valence-electron chi connectivity index (χ4n) is 1.81. The summed E-state index contributed by atoms with van der Waals surface area (Å²) in [5, 5.41) is 8.48. The van der Waals surface area contributed by atoms with Gasteiger partial charge < -0.3 is 5.73 Å². The van der Waals surface area contributed by atoms with E-state index in [2.05, 4.69) is 10.2 Å². The molecule has 2 N–H and O–H groups in total. The number of aromatic nitrogens is 4. The molecule has 2 heterocycles. The van der Waals surface area contributed by atoms with Gasteiger partial charge in [0.15, 0.2) is 0 Å². The smallest absolute Gasteiger partial charge is 0.122 e. The maximum atomic E-state index is 5.78. The summed E-state index contributed by atoms with van der Waals surface area (Å²) in [5.74, 6) is 0.655. The van der Waals surface area contributed by atoms with E-state index in [4.69, 9.17) is 5.73 Å². The van der Waals surface area contributed by atoms with Crippen molar-refractivity contribution in [1.82, 2.24) is 19.6 Å². The Bertz CT molecular complexity index is 638. The SMILES string of the molecule is Nc1ccnn1Cc1cnn(-c2ccccc2)c1. The summed E-state index contributed by atoms with van der Waals surface area (Å²) >= 11 is 0. The molecule has 0 saturated carbocycles. The molecule has 0 aliphatic carbocycles. The molecule has 3 aromatic rings. The molecule has 3 rings (SSSR count). The first-order chi connectivity index (χ1) is 8.83. The minimum Gasteiger partial charge on any atom is -0.384 e. The van der Waals surface area contributed by atoms with Crippen LogP contribution in [0, 0.1) is 0 Å². The van der Waals surface area contributed by atoms with Crippen LogP contribution in [0.1, 0.15) is 5.56 Å². The molecule has 0 amide bonds. The molecule has 0 bridgehead atoms. The number of hydrogen-bond donors (Lipinski definition) is 1. The molecule has 5 heteroatoms. The minimum absolute atomic E-state index is 0.631. The zero-order valence-corrected chi connectivity index (χ0v) is 9.77. The topological polar surface area (TPSA) is 61.7 Å². The van der Waals surface area contributed by atoms with Crippen LogP contribution in [0.15, 0.2) is 55.0 Å². The van der Waals surface area contributed by atoms with Crippen molar-refractivity contribution in [2.75, 3.05) is 5.73 Å². The van der Waals surface area contributed by atoms with Gasteiger partial charge >= 0.3 is 0 Å². The van der Waals surface area contributed by atoms with Crippen LogP contribution in [0.3, 0.4) is 0 Å². The average molecular weight is 239 g/mol. The Labute approximate surface area is 104 Å². The third-order valence-corrected chi connectivity index (χ3v) is 2.74. The number of hydrogen-bond acceptors (Lipinski definition) is 3. The lowest BCUT2D eigenvalue weighted by atomic mass is 10.3. The van der Waals surface area contributed by atoms with Gasteiger partial charge in [0, 0.05) is 11.8 Å². The van der Waals surface area contributed by atoms with Crippen LogP contribution in [0.2, 0.25) is 0 Å². The number of nitrogens with two attached hydrogens (primary N) is 1. The highest BCUT2D eigenvalue weighted by molar-refractivity contribution is 5.31. The number of rotatable bonds is 3. The molecule has 0 aliphatic heterocycles. The first kappa shape index (κ1) is 10.6. The van der Waals surface area contributed by atoms with Gasteiger partial charge in [0.2, 0.25) is 0 Å². The molecule has 0 saturated heterocycles. The van der Waals surface area contributed by atoms with Crippen molar-refractivity contribution in [3.63, 3.8) is 0 Å². The van der Waals surface area contributed by atoms with Crippen LogP contribution in [0.5, 0.6) is 0 Å². The first-order valence-electron chi connectivity index (χ1n) is 5.69. The summed E-state index contributed by atoms with van der Waals surface area (Å²) in [6, 6.07) is 11.8. The number of benzene rings is 1. The van der Waals surface area contributed by atoms with Crippen LogP contribution in [-0.4, -0.2) is 19.6 Å². The lowest BCUT2D eigenvalue weighted by Crippen LogP contribution is -2.04. The van der Waals surface area contributed by atoms with Crippen LogP contribution in [0.25, 0.3) is 5.69 Å². The minimum atomic E-state index is 0.631. The third kappa shape index (κ3) is 1.98. The van der Waals surface area contributed by atoms with E-state index in [-0.39, 0.29) is 0 Å². The Kier molecular flexibility index (Phi) is 2.57. The number of anilines is 1. The maximum absolute atomic E-state index is 5.78. The van der Waals surface area contributed by atoms with E-state index in [9.17, 15) is 0 Å². The molecule has 18 heavy (non-hydrogen) atoms. The highest BCUT2D eigenvalue weighted by Crippen LogP contribution is 2.10. The van der Waals surface area contributed by atoms with E-state index in [1.807, 2.05) is 47.4 Å². The standard InChI is InChI=1S/C13H13N5/c14-13-6-7-15-18(13)10-11-8-16-17(9-11)12-4-2-1-3-5-12/h1-9H,10,14H2. The van der Waals surface area contributed by atoms with Gasteiger partial charge in [-0.25, -0.2) is 9.36 Å². The van der Waals surface area contributed by atoms with Gasteiger partial charge in [0.05, 0.1) is 24.6 Å². The normalized spacial score (nSPS) is 10.7. The summed E-state index contributed by atoms with van der Waals surface area (Å²) < 4.78 is 3.58. The Morgan fingerprint density at radius 1 is 1.06 bits per heavy atom. The molecule has 2 aromatic heterocycles. The molecule has 0 atom stereocenters. The molecular weight excluding hydrogens is 226 g/mol. The first-order valence-corrected chi connectivity index (χ1v) is 5.69. The molecule has 0 spiro atoms. The summed E-state index contributed by atoms with van der Waals surface area (Å²) in [5.41, 5.74) is 7.88. The van der Waals surface area contributed by atoms with Gasteiger partial charge in [-0.15, -0.1) is 0 Å². The van der Waals surface area contributed by atoms with E-state index >= 15 is 0 Å². The van der Waals surface area contributed by atoms with Gasteiger partial charge in [0.25, 0.3) is 0 Å². The molecular formula is C13H13N5. The largest absolute Gasteiger partial charge is 0.384 e. The molecule has 90 valence electrons. The van der Waals surface area contributed by atoms with Gasteiger partial charge in [-0.05, 0) is 18.2 Å². The molecule has 0 unspecified atom stereocenters. The molecule has 0 radical (unpaired) electrons. The second-order valence-electron chi connectivity index (χ2n) is 4.04. The molecule has 0 aliphatic rings. The molecule has 0 fully saturated rings. The molecule has 5 nitrogen and oxygen atoms in total. The fraction of sp³-hybridized carbons (Fsp3) is 0.0769. The fourth-order valence-corrected chi connectivity index (χ4v) is 1.81. The monoisotopic (exact) mass is 239 g/mol. The lowest BCUT2D eigenvalue weighted by molar-refractivity contribution is 0.697. The van der Waals surface area contributed by atoms with Crippen molar-refractivity contribution in [2.45, 2.75) is 6.54 Å². The van der Waals surface area contributed by atoms with Crippen molar-refractivity contribution in [3.8, 4) is 5.69 Å². The molecule has 1 aromatic carbocycles. The summed E-state index contributed by atoms with van der Waals surface area (Å²) in [6.45, 7) is 0.631. The van der Waals surface area contributed by atoms with Crippen molar-refractivity contribution >= 4 is 5.82 Å². The Hall–Kier alpha value is -2.56. The quantitative estimate of drug-likeness (QED) is 0.756. The van der Waals surface area contributed by atoms with Crippen LogP contribution < -0.4 is 5.73 Å². The van der Waals surface area contributed by atoms with Crippen molar-refractivity contribution in [1.29, 1.82) is 0 Å². The van der Waals surface area contributed by atoms with E-state index in [1.54, 1.807) is 16.9 Å². The van der Waals surface area contributed by atoms with Crippen LogP contribution in [-0.2, 0) is 6.54 Å². The van der Waals surface area contributed by atoms with E-state index in [0.717, 1.165) is 11.3 Å². The highest BCUT2D eigenvalue weighted by atomic mass is 15.3. The van der Waals surface area contributed by atoms with Crippen molar-refractivity contribution in [2.24, 2.45) is 0 Å². The average Bonchev–Trinajstić information content (AvgIpc) is 3.02. The lowest BCUT2D eigenvalue weighted by Gasteiger charge is -2.01.